The van der Waals surface area contributed by atoms with Crippen molar-refractivity contribution in [2.45, 2.75) is 27.2 Å². The zero-order valence-corrected chi connectivity index (χ0v) is 12.3. The molecule has 0 aliphatic rings. The molecule has 0 saturated carbocycles. The van der Waals surface area contributed by atoms with Gasteiger partial charge in [0.15, 0.2) is 0 Å². The van der Waals surface area contributed by atoms with Crippen molar-refractivity contribution in [1.82, 2.24) is 10.2 Å². The summed E-state index contributed by atoms with van der Waals surface area (Å²) in [4.78, 5) is 23.6. The second-order valence-corrected chi connectivity index (χ2v) is 4.75. The van der Waals surface area contributed by atoms with Gasteiger partial charge in [-0.1, -0.05) is 13.0 Å². The number of hydrogen-bond donors (Lipinski definition) is 3. The minimum Gasteiger partial charge on any atom is -0.326 e. The van der Waals surface area contributed by atoms with E-state index < -0.39 is 0 Å². The van der Waals surface area contributed by atoms with Crippen LogP contribution >= 0.6 is 0 Å². The minimum atomic E-state index is -0.241. The summed E-state index contributed by atoms with van der Waals surface area (Å²) >= 11 is 0. The molecule has 1 heterocycles. The van der Waals surface area contributed by atoms with E-state index in [2.05, 4.69) is 20.8 Å². The smallest absolute Gasteiger partial charge is 0.255 e. The Hall–Kier alpha value is -2.63. The summed E-state index contributed by atoms with van der Waals surface area (Å²) < 4.78 is 0. The van der Waals surface area contributed by atoms with Crippen LogP contribution < -0.4 is 10.6 Å². The van der Waals surface area contributed by atoms with Crippen molar-refractivity contribution < 1.29 is 9.59 Å². The molecule has 0 radical (unpaired) electrons. The molecule has 21 heavy (non-hydrogen) atoms. The highest BCUT2D eigenvalue weighted by molar-refractivity contribution is 6.05. The van der Waals surface area contributed by atoms with Gasteiger partial charge >= 0.3 is 0 Å². The summed E-state index contributed by atoms with van der Waals surface area (Å²) in [5.41, 5.74) is 3.30. The van der Waals surface area contributed by atoms with Crippen LogP contribution in [0, 0.1) is 13.8 Å². The molecule has 0 fully saturated rings. The Morgan fingerprint density at radius 3 is 2.62 bits per heavy atom. The molecule has 0 aliphatic carbocycles. The molecule has 3 N–H and O–H groups in total. The Morgan fingerprint density at radius 1 is 1.24 bits per heavy atom. The molecule has 1 aromatic heterocycles. The van der Waals surface area contributed by atoms with Crippen molar-refractivity contribution in [1.29, 1.82) is 0 Å². The highest BCUT2D eigenvalue weighted by Gasteiger charge is 2.12. The van der Waals surface area contributed by atoms with Crippen LogP contribution in [0.5, 0.6) is 0 Å². The number of anilines is 2. The lowest BCUT2D eigenvalue weighted by Gasteiger charge is -2.08. The quantitative estimate of drug-likeness (QED) is 0.807. The Labute approximate surface area is 122 Å². The van der Waals surface area contributed by atoms with Gasteiger partial charge in [-0.05, 0) is 32.0 Å². The van der Waals surface area contributed by atoms with Crippen LogP contribution in [0.4, 0.5) is 11.4 Å². The minimum absolute atomic E-state index is 0.0888. The summed E-state index contributed by atoms with van der Waals surface area (Å²) in [7, 11) is 0. The van der Waals surface area contributed by atoms with E-state index in [9.17, 15) is 9.59 Å². The highest BCUT2D eigenvalue weighted by atomic mass is 16.2. The van der Waals surface area contributed by atoms with Gasteiger partial charge in [0, 0.05) is 17.7 Å². The first-order chi connectivity index (χ1) is 10.0. The van der Waals surface area contributed by atoms with E-state index in [1.54, 1.807) is 31.2 Å². The highest BCUT2D eigenvalue weighted by Crippen LogP contribution is 2.18. The van der Waals surface area contributed by atoms with Gasteiger partial charge in [0.25, 0.3) is 5.91 Å². The van der Waals surface area contributed by atoms with Gasteiger partial charge in [-0.3, -0.25) is 14.7 Å². The first-order valence-corrected chi connectivity index (χ1v) is 6.74. The molecule has 2 rings (SSSR count). The first kappa shape index (κ1) is 14.8. The Kier molecular flexibility index (Phi) is 4.37. The number of H-pyrrole nitrogens is 1. The predicted octanol–water partition coefficient (Wildman–Crippen LogP) is 2.63. The molecule has 6 heteroatoms. The fraction of sp³-hybridized carbons (Fsp3) is 0.267. The zero-order chi connectivity index (χ0) is 15.4. The maximum Gasteiger partial charge on any atom is 0.255 e. The van der Waals surface area contributed by atoms with E-state index in [1.807, 2.05) is 13.8 Å². The van der Waals surface area contributed by atoms with E-state index in [-0.39, 0.29) is 11.8 Å². The SMILES string of the molecule is CCC(=O)Nc1cccc(C(=O)Nc2c(C)n[nH]c2C)c1. The van der Waals surface area contributed by atoms with Crippen LogP contribution in [0.15, 0.2) is 24.3 Å². The summed E-state index contributed by atoms with van der Waals surface area (Å²) in [6.07, 6.45) is 0.393. The van der Waals surface area contributed by atoms with Gasteiger partial charge in [0.05, 0.1) is 17.1 Å². The molecule has 2 amide bonds. The monoisotopic (exact) mass is 286 g/mol. The van der Waals surface area contributed by atoms with Crippen molar-refractivity contribution in [3.63, 3.8) is 0 Å². The molecule has 0 unspecified atom stereocenters. The van der Waals surface area contributed by atoms with Crippen molar-refractivity contribution >= 4 is 23.2 Å². The lowest BCUT2D eigenvalue weighted by atomic mass is 10.1. The number of aromatic amines is 1. The third-order valence-corrected chi connectivity index (χ3v) is 3.10. The van der Waals surface area contributed by atoms with E-state index in [4.69, 9.17) is 0 Å². The van der Waals surface area contributed by atoms with Gasteiger partial charge in [-0.25, -0.2) is 0 Å². The molecule has 0 aliphatic heterocycles. The molecule has 1 aromatic carbocycles. The second kappa shape index (κ2) is 6.21. The number of hydrogen-bond acceptors (Lipinski definition) is 3. The fourth-order valence-corrected chi connectivity index (χ4v) is 1.91. The number of amides is 2. The number of aromatic nitrogens is 2. The number of aryl methyl sites for hydroxylation is 2. The van der Waals surface area contributed by atoms with Gasteiger partial charge in [-0.2, -0.15) is 5.10 Å². The number of benzene rings is 1. The lowest BCUT2D eigenvalue weighted by Crippen LogP contribution is -2.14. The van der Waals surface area contributed by atoms with Crippen LogP contribution in [0.3, 0.4) is 0 Å². The Bertz CT molecular complexity index is 657. The molecule has 0 bridgehead atoms. The van der Waals surface area contributed by atoms with E-state index in [0.717, 1.165) is 11.4 Å². The topological polar surface area (TPSA) is 86.9 Å². The normalized spacial score (nSPS) is 10.2. The molecule has 0 spiro atoms. The second-order valence-electron chi connectivity index (χ2n) is 4.75. The molecule has 2 aromatic rings. The standard InChI is InChI=1S/C15H18N4O2/c1-4-13(20)16-12-7-5-6-11(8-12)15(21)17-14-9(2)18-19-10(14)3/h5-8H,4H2,1-3H3,(H,16,20)(H,17,21)(H,18,19). The van der Waals surface area contributed by atoms with E-state index in [0.29, 0.717) is 23.4 Å². The summed E-state index contributed by atoms with van der Waals surface area (Å²) in [5.74, 6) is -0.329. The van der Waals surface area contributed by atoms with Crippen molar-refractivity contribution in [2.75, 3.05) is 10.6 Å². The van der Waals surface area contributed by atoms with E-state index in [1.165, 1.54) is 0 Å². The maximum absolute atomic E-state index is 12.3. The van der Waals surface area contributed by atoms with E-state index >= 15 is 0 Å². The van der Waals surface area contributed by atoms with Crippen LogP contribution in [0.25, 0.3) is 0 Å². The lowest BCUT2D eigenvalue weighted by molar-refractivity contribution is -0.115. The number of nitrogens with one attached hydrogen (secondary N) is 3. The molecule has 0 atom stereocenters. The largest absolute Gasteiger partial charge is 0.326 e. The van der Waals surface area contributed by atoms with Crippen LogP contribution in [-0.2, 0) is 4.79 Å². The summed E-state index contributed by atoms with van der Waals surface area (Å²) in [5, 5.41) is 12.4. The molecule has 110 valence electrons. The molecule has 0 saturated heterocycles. The van der Waals surface area contributed by atoms with Gasteiger partial charge in [0.2, 0.25) is 5.91 Å². The number of carbonyl (C=O) groups excluding carboxylic acids is 2. The number of nitrogens with zero attached hydrogens (tertiary/aromatic N) is 1. The summed E-state index contributed by atoms with van der Waals surface area (Å²) in [6.45, 7) is 5.43. The van der Waals surface area contributed by atoms with Gasteiger partial charge in [-0.15, -0.1) is 0 Å². The fourth-order valence-electron chi connectivity index (χ4n) is 1.91. The van der Waals surface area contributed by atoms with Crippen LogP contribution in [0.1, 0.15) is 35.1 Å². The number of carbonyl (C=O) groups is 2. The third-order valence-electron chi connectivity index (χ3n) is 3.10. The number of rotatable bonds is 4. The molecular weight excluding hydrogens is 268 g/mol. The maximum atomic E-state index is 12.3. The third kappa shape index (κ3) is 3.47. The van der Waals surface area contributed by atoms with Crippen molar-refractivity contribution in [3.05, 3.63) is 41.2 Å². The van der Waals surface area contributed by atoms with Crippen LogP contribution in [0.2, 0.25) is 0 Å². The average Bonchev–Trinajstić information content (AvgIpc) is 2.79. The summed E-state index contributed by atoms with van der Waals surface area (Å²) in [6, 6.07) is 6.82. The molecule has 6 nitrogen and oxygen atoms in total. The van der Waals surface area contributed by atoms with Crippen molar-refractivity contribution in [2.24, 2.45) is 0 Å². The van der Waals surface area contributed by atoms with Crippen LogP contribution in [-0.4, -0.2) is 22.0 Å². The van der Waals surface area contributed by atoms with Crippen molar-refractivity contribution in [3.8, 4) is 0 Å². The Morgan fingerprint density at radius 2 is 2.00 bits per heavy atom. The predicted molar refractivity (Wildman–Crippen MR) is 81.4 cm³/mol. The Balaban J connectivity index is 2.16. The zero-order valence-electron chi connectivity index (χ0n) is 12.3. The van der Waals surface area contributed by atoms with Gasteiger partial charge < -0.3 is 10.6 Å². The average molecular weight is 286 g/mol. The van der Waals surface area contributed by atoms with Gasteiger partial charge in [0.1, 0.15) is 0 Å². The first-order valence-electron chi connectivity index (χ1n) is 6.74. The molecular formula is C15H18N4O2.